The number of benzene rings is 1. The number of rotatable bonds is 3. The first-order valence-electron chi connectivity index (χ1n) is 6.92. The molecule has 2 aromatic rings. The summed E-state index contributed by atoms with van der Waals surface area (Å²) in [5, 5.41) is 12.7. The molecule has 0 radical (unpaired) electrons. The molecule has 104 valence electrons. The third-order valence-corrected chi connectivity index (χ3v) is 3.73. The summed E-state index contributed by atoms with van der Waals surface area (Å²) in [6.45, 7) is 2.12. The normalized spacial score (nSPS) is 15.9. The number of aromatic nitrogens is 1. The van der Waals surface area contributed by atoms with Gasteiger partial charge in [-0.05, 0) is 30.7 Å². The van der Waals surface area contributed by atoms with E-state index >= 15 is 0 Å². The molecule has 0 saturated carbocycles. The van der Waals surface area contributed by atoms with Crippen molar-refractivity contribution < 1.29 is 4.79 Å². The summed E-state index contributed by atoms with van der Waals surface area (Å²) in [4.78, 5) is 10.7. The van der Waals surface area contributed by atoms with E-state index in [2.05, 4.69) is 24.4 Å². The summed E-state index contributed by atoms with van der Waals surface area (Å²) >= 11 is 0. The van der Waals surface area contributed by atoms with Crippen LogP contribution in [0.25, 0.3) is 11.8 Å². The van der Waals surface area contributed by atoms with Gasteiger partial charge in [0.2, 0.25) is 0 Å². The molecule has 0 fully saturated rings. The van der Waals surface area contributed by atoms with Crippen molar-refractivity contribution in [1.82, 2.24) is 4.57 Å². The van der Waals surface area contributed by atoms with Crippen LogP contribution in [-0.4, -0.2) is 16.9 Å². The third kappa shape index (κ3) is 2.23. The minimum atomic E-state index is 0.270. The molecule has 21 heavy (non-hydrogen) atoms. The van der Waals surface area contributed by atoms with Crippen LogP contribution in [0.15, 0.2) is 36.5 Å². The van der Waals surface area contributed by atoms with Crippen LogP contribution in [0.1, 0.15) is 34.8 Å². The third-order valence-electron chi connectivity index (χ3n) is 3.73. The number of hydrogen-bond donors (Lipinski definition) is 1. The van der Waals surface area contributed by atoms with Crippen LogP contribution in [0.3, 0.4) is 0 Å². The summed E-state index contributed by atoms with van der Waals surface area (Å²) in [7, 11) is 0. The maximum absolute atomic E-state index is 10.7. The Labute approximate surface area is 123 Å². The standard InChI is InChI=1S/C17H15N3O/c1-2-14-5-8-16-13(9-18)10-20(17(16)19-14)15-6-3-12(11-21)4-7-15/h3-8,10-11,14,19H,2H2,1H3. The van der Waals surface area contributed by atoms with Gasteiger partial charge in [0.1, 0.15) is 18.2 Å². The Morgan fingerprint density at radius 2 is 2.14 bits per heavy atom. The molecule has 1 aromatic carbocycles. The maximum Gasteiger partial charge on any atom is 0.150 e. The van der Waals surface area contributed by atoms with Gasteiger partial charge in [-0.25, -0.2) is 0 Å². The predicted molar refractivity (Wildman–Crippen MR) is 82.6 cm³/mol. The quantitative estimate of drug-likeness (QED) is 0.875. The van der Waals surface area contributed by atoms with Gasteiger partial charge in [-0.15, -0.1) is 0 Å². The number of nitrogens with one attached hydrogen (secondary N) is 1. The van der Waals surface area contributed by atoms with Crippen LogP contribution in [0, 0.1) is 11.3 Å². The molecule has 0 bridgehead atoms. The molecule has 1 atom stereocenters. The number of anilines is 1. The highest BCUT2D eigenvalue weighted by molar-refractivity contribution is 5.77. The lowest BCUT2D eigenvalue weighted by Gasteiger charge is -2.21. The van der Waals surface area contributed by atoms with E-state index in [0.29, 0.717) is 11.1 Å². The molecule has 1 aromatic heterocycles. The monoisotopic (exact) mass is 277 g/mol. The van der Waals surface area contributed by atoms with Crippen LogP contribution in [0.4, 0.5) is 5.82 Å². The van der Waals surface area contributed by atoms with E-state index in [1.165, 1.54) is 0 Å². The van der Waals surface area contributed by atoms with Crippen LogP contribution in [0.2, 0.25) is 0 Å². The molecule has 0 aliphatic carbocycles. The van der Waals surface area contributed by atoms with Crippen molar-refractivity contribution in [2.24, 2.45) is 0 Å². The Balaban J connectivity index is 2.11. The highest BCUT2D eigenvalue weighted by Crippen LogP contribution is 2.31. The summed E-state index contributed by atoms with van der Waals surface area (Å²) < 4.78 is 1.97. The second kappa shape index (κ2) is 5.29. The highest BCUT2D eigenvalue weighted by atomic mass is 16.1. The van der Waals surface area contributed by atoms with E-state index < -0.39 is 0 Å². The second-order valence-corrected chi connectivity index (χ2v) is 5.01. The molecular weight excluding hydrogens is 262 g/mol. The fraction of sp³-hybridized carbons (Fsp3) is 0.176. The first kappa shape index (κ1) is 13.2. The Kier molecular flexibility index (Phi) is 3.33. The van der Waals surface area contributed by atoms with Gasteiger partial charge in [0.15, 0.2) is 0 Å². The minimum absolute atomic E-state index is 0.270. The van der Waals surface area contributed by atoms with Gasteiger partial charge in [-0.2, -0.15) is 5.26 Å². The first-order valence-corrected chi connectivity index (χ1v) is 6.92. The molecule has 2 heterocycles. The van der Waals surface area contributed by atoms with E-state index in [4.69, 9.17) is 0 Å². The fourth-order valence-corrected chi connectivity index (χ4v) is 2.52. The largest absolute Gasteiger partial charge is 0.364 e. The van der Waals surface area contributed by atoms with Gasteiger partial charge in [0, 0.05) is 29.1 Å². The van der Waals surface area contributed by atoms with Crippen molar-refractivity contribution in [3.05, 3.63) is 53.2 Å². The van der Waals surface area contributed by atoms with Gasteiger partial charge in [-0.3, -0.25) is 4.79 Å². The van der Waals surface area contributed by atoms with Gasteiger partial charge < -0.3 is 9.88 Å². The van der Waals surface area contributed by atoms with E-state index in [1.54, 1.807) is 12.1 Å². The summed E-state index contributed by atoms with van der Waals surface area (Å²) in [5.74, 6) is 0.930. The van der Waals surface area contributed by atoms with Gasteiger partial charge in [-0.1, -0.05) is 19.1 Å². The van der Waals surface area contributed by atoms with Crippen molar-refractivity contribution in [2.75, 3.05) is 5.32 Å². The molecule has 1 aliphatic rings. The Morgan fingerprint density at radius 3 is 2.76 bits per heavy atom. The lowest BCUT2D eigenvalue weighted by molar-refractivity contribution is 0.112. The predicted octanol–water partition coefficient (Wildman–Crippen LogP) is 3.38. The summed E-state index contributed by atoms with van der Waals surface area (Å²) in [6, 6.07) is 9.81. The van der Waals surface area contributed by atoms with Crippen molar-refractivity contribution in [3.8, 4) is 11.8 Å². The van der Waals surface area contributed by atoms with Gasteiger partial charge >= 0.3 is 0 Å². The average Bonchev–Trinajstić information content (AvgIpc) is 2.92. The van der Waals surface area contributed by atoms with Gasteiger partial charge in [0.25, 0.3) is 0 Å². The molecule has 0 amide bonds. The molecule has 4 nitrogen and oxygen atoms in total. The van der Waals surface area contributed by atoms with Crippen LogP contribution >= 0.6 is 0 Å². The number of carbonyl (C=O) groups excluding carboxylic acids is 1. The van der Waals surface area contributed by atoms with E-state index in [0.717, 1.165) is 29.8 Å². The zero-order valence-corrected chi connectivity index (χ0v) is 11.7. The van der Waals surface area contributed by atoms with Gasteiger partial charge in [0.05, 0.1) is 5.56 Å². The lowest BCUT2D eigenvalue weighted by atomic mass is 10.1. The first-order chi connectivity index (χ1) is 10.3. The second-order valence-electron chi connectivity index (χ2n) is 5.01. The molecule has 1 unspecified atom stereocenters. The zero-order valence-electron chi connectivity index (χ0n) is 11.7. The van der Waals surface area contributed by atoms with Crippen LogP contribution in [-0.2, 0) is 0 Å². The smallest absolute Gasteiger partial charge is 0.150 e. The Bertz CT molecular complexity index is 748. The molecule has 1 aliphatic heterocycles. The molecule has 1 N–H and O–H groups in total. The molecule has 0 saturated heterocycles. The van der Waals surface area contributed by atoms with Crippen molar-refractivity contribution >= 4 is 18.2 Å². The van der Waals surface area contributed by atoms with E-state index in [9.17, 15) is 10.1 Å². The number of nitriles is 1. The number of carbonyl (C=O) groups is 1. The topological polar surface area (TPSA) is 57.8 Å². The SMILES string of the molecule is CCC1C=Cc2c(C#N)cn(-c3ccc(C=O)cc3)c2N1. The van der Waals surface area contributed by atoms with E-state index in [-0.39, 0.29) is 6.04 Å². The summed E-state index contributed by atoms with van der Waals surface area (Å²) in [6.07, 6.45) is 7.73. The maximum atomic E-state index is 10.7. The number of hydrogen-bond acceptors (Lipinski definition) is 3. The summed E-state index contributed by atoms with van der Waals surface area (Å²) in [5.41, 5.74) is 3.13. The van der Waals surface area contributed by atoms with Crippen LogP contribution < -0.4 is 5.32 Å². The van der Waals surface area contributed by atoms with Crippen molar-refractivity contribution in [3.63, 3.8) is 0 Å². The molecule has 3 rings (SSSR count). The van der Waals surface area contributed by atoms with Crippen molar-refractivity contribution in [1.29, 1.82) is 5.26 Å². The number of nitrogens with zero attached hydrogens (tertiary/aromatic N) is 2. The lowest BCUT2D eigenvalue weighted by Crippen LogP contribution is -2.20. The molecule has 4 heteroatoms. The van der Waals surface area contributed by atoms with E-state index in [1.807, 2.05) is 29.0 Å². The fourth-order valence-electron chi connectivity index (χ4n) is 2.52. The van der Waals surface area contributed by atoms with Crippen molar-refractivity contribution in [2.45, 2.75) is 19.4 Å². The molecule has 0 spiro atoms. The number of fused-ring (bicyclic) bond motifs is 1. The zero-order chi connectivity index (χ0) is 14.8. The Hall–Kier alpha value is -2.80. The van der Waals surface area contributed by atoms with Crippen LogP contribution in [0.5, 0.6) is 0 Å². The molecular formula is C17H15N3O. The number of aldehydes is 1. The minimum Gasteiger partial charge on any atom is -0.364 e. The highest BCUT2D eigenvalue weighted by Gasteiger charge is 2.20. The Morgan fingerprint density at radius 1 is 1.38 bits per heavy atom. The average molecular weight is 277 g/mol.